The zero-order chi connectivity index (χ0) is 25.1. The van der Waals surface area contributed by atoms with Gasteiger partial charge in [-0.25, -0.2) is 4.79 Å². The summed E-state index contributed by atoms with van der Waals surface area (Å²) in [6, 6.07) is 16.5. The number of aromatic nitrogens is 4. The van der Waals surface area contributed by atoms with Crippen molar-refractivity contribution in [3.63, 3.8) is 0 Å². The number of nitrogens with one attached hydrogen (secondary N) is 3. The van der Waals surface area contributed by atoms with Crippen LogP contribution in [0.15, 0.2) is 54.7 Å². The Morgan fingerprint density at radius 3 is 2.64 bits per heavy atom. The van der Waals surface area contributed by atoms with Crippen LogP contribution in [0, 0.1) is 5.92 Å². The van der Waals surface area contributed by atoms with Gasteiger partial charge in [-0.1, -0.05) is 30.3 Å². The van der Waals surface area contributed by atoms with Crippen LogP contribution in [-0.2, 0) is 17.7 Å². The topological polar surface area (TPSA) is 98.9 Å². The van der Waals surface area contributed by atoms with E-state index in [9.17, 15) is 4.79 Å². The van der Waals surface area contributed by atoms with Crippen LogP contribution in [0.3, 0.4) is 0 Å². The van der Waals surface area contributed by atoms with Crippen LogP contribution in [0.4, 0.5) is 10.5 Å². The van der Waals surface area contributed by atoms with Crippen LogP contribution in [0.1, 0.15) is 45.0 Å². The highest BCUT2D eigenvalue weighted by Gasteiger charge is 2.21. The molecule has 0 bridgehead atoms. The summed E-state index contributed by atoms with van der Waals surface area (Å²) in [5.41, 5.74) is 3.41. The van der Waals surface area contributed by atoms with Crippen LogP contribution in [-0.4, -0.2) is 49.8 Å². The maximum atomic E-state index is 12.2. The number of amides is 1. The van der Waals surface area contributed by atoms with Crippen LogP contribution < -0.4 is 5.32 Å². The van der Waals surface area contributed by atoms with Crippen molar-refractivity contribution in [3.8, 4) is 11.4 Å². The van der Waals surface area contributed by atoms with Crippen LogP contribution in [0.25, 0.3) is 22.3 Å². The van der Waals surface area contributed by atoms with Gasteiger partial charge in [-0.15, -0.1) is 10.2 Å². The maximum Gasteiger partial charge on any atom is 0.412 e. The Bertz CT molecular complexity index is 1310. The second kappa shape index (κ2) is 10.1. The molecule has 0 unspecified atom stereocenters. The monoisotopic (exact) mass is 486 g/mol. The first-order valence-electron chi connectivity index (χ1n) is 12.6. The molecule has 0 atom stereocenters. The largest absolute Gasteiger partial charge is 0.444 e. The summed E-state index contributed by atoms with van der Waals surface area (Å²) in [6.07, 6.45) is 5.00. The number of aromatic amines is 2. The predicted octanol–water partition coefficient (Wildman–Crippen LogP) is 5.75. The molecule has 2 aromatic heterocycles. The SMILES string of the molecule is CC(C)(C)OC(=O)Nc1ccc2[nH]cc(-c3nnc(CN4CCC(Cc5ccccc5)CC4)[nH]3)c2c1. The van der Waals surface area contributed by atoms with Gasteiger partial charge in [0, 0.05) is 28.4 Å². The molecule has 0 radical (unpaired) electrons. The third kappa shape index (κ3) is 5.94. The average molecular weight is 487 g/mol. The Morgan fingerprint density at radius 1 is 1.11 bits per heavy atom. The molecule has 1 amide bonds. The highest BCUT2D eigenvalue weighted by atomic mass is 16.6. The van der Waals surface area contributed by atoms with Crippen molar-refractivity contribution in [1.29, 1.82) is 0 Å². The molecule has 1 saturated heterocycles. The van der Waals surface area contributed by atoms with Crippen LogP contribution in [0.2, 0.25) is 0 Å². The van der Waals surface area contributed by atoms with Crippen molar-refractivity contribution in [2.75, 3.05) is 18.4 Å². The number of fused-ring (bicyclic) bond motifs is 1. The number of hydrogen-bond acceptors (Lipinski definition) is 5. The quantitative estimate of drug-likeness (QED) is 0.322. The molecule has 8 nitrogen and oxygen atoms in total. The van der Waals surface area contributed by atoms with E-state index < -0.39 is 11.7 Å². The second-order valence-electron chi connectivity index (χ2n) is 10.6. The Kier molecular flexibility index (Phi) is 6.78. The molecule has 2 aromatic carbocycles. The zero-order valence-corrected chi connectivity index (χ0v) is 21.2. The number of ether oxygens (including phenoxy) is 1. The van der Waals surface area contributed by atoms with Crippen molar-refractivity contribution >= 4 is 22.7 Å². The lowest BCUT2D eigenvalue weighted by Crippen LogP contribution is -2.34. The van der Waals surface area contributed by atoms with E-state index in [2.05, 4.69) is 60.7 Å². The minimum atomic E-state index is -0.555. The first-order chi connectivity index (χ1) is 17.3. The summed E-state index contributed by atoms with van der Waals surface area (Å²) >= 11 is 0. The summed E-state index contributed by atoms with van der Waals surface area (Å²) in [4.78, 5) is 21.3. The van der Waals surface area contributed by atoms with Crippen molar-refractivity contribution in [2.24, 2.45) is 5.92 Å². The first-order valence-corrected chi connectivity index (χ1v) is 12.6. The number of rotatable bonds is 6. The molecule has 3 N–H and O–H groups in total. The van der Waals surface area contributed by atoms with E-state index in [4.69, 9.17) is 4.74 Å². The molecular formula is C28H34N6O2. The third-order valence-corrected chi connectivity index (χ3v) is 6.56. The Hall–Kier alpha value is -3.65. The molecule has 0 aliphatic carbocycles. The number of H-pyrrole nitrogens is 2. The van der Waals surface area contributed by atoms with Gasteiger partial charge in [-0.05, 0) is 82.8 Å². The fourth-order valence-corrected chi connectivity index (χ4v) is 4.81. The zero-order valence-electron chi connectivity index (χ0n) is 21.2. The molecule has 5 rings (SSSR count). The summed E-state index contributed by atoms with van der Waals surface area (Å²) < 4.78 is 5.37. The van der Waals surface area contributed by atoms with Crippen LogP contribution in [0.5, 0.6) is 0 Å². The van der Waals surface area contributed by atoms with Gasteiger partial charge in [0.25, 0.3) is 0 Å². The molecule has 4 aromatic rings. The normalized spacial score (nSPS) is 15.3. The lowest BCUT2D eigenvalue weighted by Gasteiger charge is -2.31. The number of carbonyl (C=O) groups is 1. The highest BCUT2D eigenvalue weighted by Crippen LogP contribution is 2.29. The van der Waals surface area contributed by atoms with Gasteiger partial charge in [-0.2, -0.15) is 0 Å². The second-order valence-corrected chi connectivity index (χ2v) is 10.6. The lowest BCUT2D eigenvalue weighted by molar-refractivity contribution is 0.0636. The number of carbonyl (C=O) groups excluding carboxylic acids is 1. The standard InChI is InChI=1S/C28H34N6O2/c1-28(2,3)36-27(35)30-21-9-10-24-22(16-21)23(17-29-24)26-31-25(32-33-26)18-34-13-11-20(12-14-34)15-19-7-5-4-6-8-19/h4-10,16-17,20,29H,11-15,18H2,1-3H3,(H,30,35)(H,31,32,33). The Morgan fingerprint density at radius 2 is 1.89 bits per heavy atom. The molecular weight excluding hydrogens is 452 g/mol. The number of anilines is 1. The van der Waals surface area contributed by atoms with Crippen molar-refractivity contribution in [1.82, 2.24) is 25.1 Å². The van der Waals surface area contributed by atoms with Gasteiger partial charge in [0.15, 0.2) is 5.82 Å². The van der Waals surface area contributed by atoms with Crippen molar-refractivity contribution in [2.45, 2.75) is 52.2 Å². The molecule has 36 heavy (non-hydrogen) atoms. The van der Waals surface area contributed by atoms with Gasteiger partial charge in [0.2, 0.25) is 0 Å². The summed E-state index contributed by atoms with van der Waals surface area (Å²) in [6.45, 7) is 8.43. The van der Waals surface area contributed by atoms with E-state index in [0.717, 1.165) is 54.3 Å². The van der Waals surface area contributed by atoms with Crippen molar-refractivity contribution in [3.05, 3.63) is 66.1 Å². The molecule has 0 saturated carbocycles. The van der Waals surface area contributed by atoms with Crippen molar-refractivity contribution < 1.29 is 9.53 Å². The molecule has 1 aliphatic heterocycles. The van der Waals surface area contributed by atoms with Gasteiger partial charge in [0.05, 0.1) is 6.54 Å². The molecule has 1 aliphatic rings. The van der Waals surface area contributed by atoms with Crippen LogP contribution >= 0.6 is 0 Å². The molecule has 0 spiro atoms. The van der Waals surface area contributed by atoms with Gasteiger partial charge < -0.3 is 14.7 Å². The van der Waals surface area contributed by atoms with E-state index in [1.54, 1.807) is 0 Å². The summed E-state index contributed by atoms with van der Waals surface area (Å²) in [7, 11) is 0. The number of likely N-dealkylation sites (tertiary alicyclic amines) is 1. The number of piperidine rings is 1. The molecule has 8 heteroatoms. The fourth-order valence-electron chi connectivity index (χ4n) is 4.81. The third-order valence-electron chi connectivity index (χ3n) is 6.56. The van der Waals surface area contributed by atoms with E-state index in [-0.39, 0.29) is 0 Å². The number of nitrogens with zero attached hydrogens (tertiary/aromatic N) is 3. The van der Waals surface area contributed by atoms with E-state index in [1.165, 1.54) is 18.4 Å². The summed E-state index contributed by atoms with van der Waals surface area (Å²) in [5, 5.41) is 12.6. The number of hydrogen-bond donors (Lipinski definition) is 3. The Labute approximate surface area is 211 Å². The summed E-state index contributed by atoms with van der Waals surface area (Å²) in [5.74, 6) is 2.32. The smallest absolute Gasteiger partial charge is 0.412 e. The molecule has 188 valence electrons. The average Bonchev–Trinajstić information content (AvgIpc) is 3.46. The van der Waals surface area contributed by atoms with E-state index >= 15 is 0 Å². The van der Waals surface area contributed by atoms with E-state index in [1.807, 2.05) is 45.2 Å². The lowest BCUT2D eigenvalue weighted by atomic mass is 9.90. The van der Waals surface area contributed by atoms with Gasteiger partial charge in [0.1, 0.15) is 11.4 Å². The van der Waals surface area contributed by atoms with Gasteiger partial charge in [-0.3, -0.25) is 10.2 Å². The minimum absolute atomic E-state index is 0.478. The Balaban J connectivity index is 1.21. The molecule has 1 fully saturated rings. The first kappa shape index (κ1) is 24.1. The number of benzene rings is 2. The maximum absolute atomic E-state index is 12.2. The van der Waals surface area contributed by atoms with E-state index in [0.29, 0.717) is 11.5 Å². The predicted molar refractivity (Wildman–Crippen MR) is 142 cm³/mol. The van der Waals surface area contributed by atoms with Gasteiger partial charge >= 0.3 is 6.09 Å². The highest BCUT2D eigenvalue weighted by molar-refractivity contribution is 5.97. The minimum Gasteiger partial charge on any atom is -0.444 e. The fraction of sp³-hybridized carbons (Fsp3) is 0.393. The molecule has 3 heterocycles.